The minimum Gasteiger partial charge on any atom is -0.389 e. The van der Waals surface area contributed by atoms with E-state index in [1.807, 2.05) is 14.0 Å². The quantitative estimate of drug-likeness (QED) is 0.702. The van der Waals surface area contributed by atoms with E-state index in [2.05, 4.69) is 4.90 Å². The molecule has 1 N–H and O–H groups in total. The van der Waals surface area contributed by atoms with Crippen molar-refractivity contribution in [2.45, 2.75) is 25.9 Å². The molecule has 1 aliphatic heterocycles. The third-order valence-corrected chi connectivity index (χ3v) is 2.86. The predicted molar refractivity (Wildman–Crippen MR) is 63.5 cm³/mol. The summed E-state index contributed by atoms with van der Waals surface area (Å²) in [6, 6.07) is 0. The molecule has 0 radical (unpaired) electrons. The molecule has 1 saturated heterocycles. The fraction of sp³-hybridized carbons (Fsp3) is 1.00. The van der Waals surface area contributed by atoms with Gasteiger partial charge in [-0.15, -0.1) is 0 Å². The van der Waals surface area contributed by atoms with Gasteiger partial charge in [0, 0.05) is 26.3 Å². The molecule has 1 fully saturated rings. The van der Waals surface area contributed by atoms with E-state index in [-0.39, 0.29) is 6.10 Å². The highest BCUT2D eigenvalue weighted by atomic mass is 16.5. The molecule has 0 aliphatic carbocycles. The Bertz CT molecular complexity index is 172. The van der Waals surface area contributed by atoms with Gasteiger partial charge in [-0.2, -0.15) is 0 Å². The van der Waals surface area contributed by atoms with Crippen molar-refractivity contribution >= 4 is 0 Å². The lowest BCUT2D eigenvalue weighted by Crippen LogP contribution is -2.37. The van der Waals surface area contributed by atoms with Gasteiger partial charge < -0.3 is 19.5 Å². The zero-order chi connectivity index (χ0) is 11.8. The number of aliphatic hydroxyl groups excluding tert-OH is 1. The lowest BCUT2D eigenvalue weighted by molar-refractivity contribution is 0.00995. The average molecular weight is 231 g/mol. The monoisotopic (exact) mass is 231 g/mol. The van der Waals surface area contributed by atoms with Crippen LogP contribution in [0.4, 0.5) is 0 Å². The van der Waals surface area contributed by atoms with E-state index < -0.39 is 0 Å². The van der Waals surface area contributed by atoms with Crippen molar-refractivity contribution in [3.05, 3.63) is 0 Å². The number of ether oxygens (including phenoxy) is 2. The highest BCUT2D eigenvalue weighted by molar-refractivity contribution is 4.69. The maximum absolute atomic E-state index is 9.68. The minimum atomic E-state index is -0.380. The van der Waals surface area contributed by atoms with Crippen LogP contribution in [-0.2, 0) is 9.47 Å². The van der Waals surface area contributed by atoms with E-state index >= 15 is 0 Å². The molecule has 2 unspecified atom stereocenters. The van der Waals surface area contributed by atoms with E-state index in [4.69, 9.17) is 9.47 Å². The Kier molecular flexibility index (Phi) is 6.96. The second-order valence-corrected chi connectivity index (χ2v) is 4.62. The summed E-state index contributed by atoms with van der Waals surface area (Å²) in [4.78, 5) is 2.17. The lowest BCUT2D eigenvalue weighted by Gasteiger charge is -2.28. The first-order valence-electron chi connectivity index (χ1n) is 6.24. The Labute approximate surface area is 98.5 Å². The van der Waals surface area contributed by atoms with Gasteiger partial charge in [0.1, 0.15) is 0 Å². The molecule has 0 aromatic rings. The van der Waals surface area contributed by atoms with Gasteiger partial charge in [0.15, 0.2) is 0 Å². The van der Waals surface area contributed by atoms with E-state index in [1.165, 1.54) is 12.8 Å². The van der Waals surface area contributed by atoms with E-state index in [0.29, 0.717) is 25.7 Å². The maximum Gasteiger partial charge on any atom is 0.0900 e. The van der Waals surface area contributed by atoms with Gasteiger partial charge in [-0.3, -0.25) is 0 Å². The Balaban J connectivity index is 2.11. The number of hydrogen-bond acceptors (Lipinski definition) is 4. The molecular weight excluding hydrogens is 206 g/mol. The number of rotatable bonds is 7. The molecule has 16 heavy (non-hydrogen) atoms. The van der Waals surface area contributed by atoms with E-state index in [1.54, 1.807) is 0 Å². The van der Waals surface area contributed by atoms with Crippen LogP contribution in [0.2, 0.25) is 0 Å². The average Bonchev–Trinajstić information content (AvgIpc) is 2.27. The van der Waals surface area contributed by atoms with Crippen molar-refractivity contribution < 1.29 is 14.6 Å². The second kappa shape index (κ2) is 8.01. The summed E-state index contributed by atoms with van der Waals surface area (Å²) in [5.41, 5.74) is 0. The van der Waals surface area contributed by atoms with Crippen molar-refractivity contribution in [3.63, 3.8) is 0 Å². The third kappa shape index (κ3) is 5.80. The number of hydrogen-bond donors (Lipinski definition) is 1. The number of aliphatic hydroxyl groups is 1. The topological polar surface area (TPSA) is 41.9 Å². The highest BCUT2D eigenvalue weighted by Crippen LogP contribution is 2.14. The van der Waals surface area contributed by atoms with Crippen LogP contribution in [0.5, 0.6) is 0 Å². The SMILES string of the molecule is CCOCC(O)CN(C)CC1CCCOC1. The summed E-state index contributed by atoms with van der Waals surface area (Å²) < 4.78 is 10.6. The second-order valence-electron chi connectivity index (χ2n) is 4.62. The standard InChI is InChI=1S/C12H25NO3/c1-3-15-10-12(14)8-13(2)7-11-5-4-6-16-9-11/h11-12,14H,3-10H2,1-2H3. The van der Waals surface area contributed by atoms with Gasteiger partial charge in [0.2, 0.25) is 0 Å². The van der Waals surface area contributed by atoms with Crippen LogP contribution in [0.3, 0.4) is 0 Å². The first-order chi connectivity index (χ1) is 7.72. The van der Waals surface area contributed by atoms with Crippen LogP contribution in [0.1, 0.15) is 19.8 Å². The Morgan fingerprint density at radius 1 is 1.56 bits per heavy atom. The van der Waals surface area contributed by atoms with Gasteiger partial charge in [-0.05, 0) is 32.7 Å². The molecule has 0 amide bonds. The molecule has 96 valence electrons. The molecule has 1 rings (SSSR count). The molecule has 0 saturated carbocycles. The van der Waals surface area contributed by atoms with Crippen molar-refractivity contribution in [2.24, 2.45) is 5.92 Å². The molecule has 0 spiro atoms. The molecule has 0 aromatic heterocycles. The third-order valence-electron chi connectivity index (χ3n) is 2.86. The van der Waals surface area contributed by atoms with Crippen molar-refractivity contribution in [3.8, 4) is 0 Å². The van der Waals surface area contributed by atoms with Crippen LogP contribution in [0.25, 0.3) is 0 Å². The van der Waals surface area contributed by atoms with E-state index in [9.17, 15) is 5.11 Å². The first-order valence-corrected chi connectivity index (χ1v) is 6.24. The van der Waals surface area contributed by atoms with Gasteiger partial charge >= 0.3 is 0 Å². The smallest absolute Gasteiger partial charge is 0.0900 e. The first kappa shape index (κ1) is 13.9. The van der Waals surface area contributed by atoms with Gasteiger partial charge in [0.25, 0.3) is 0 Å². The summed E-state index contributed by atoms with van der Waals surface area (Å²) in [5.74, 6) is 0.623. The molecule has 1 aliphatic rings. The molecular formula is C12H25NO3. The van der Waals surface area contributed by atoms with Crippen LogP contribution < -0.4 is 0 Å². The molecule has 0 aromatic carbocycles. The fourth-order valence-electron chi connectivity index (χ4n) is 2.13. The molecule has 2 atom stereocenters. The molecule has 0 bridgehead atoms. The molecule has 4 heteroatoms. The van der Waals surface area contributed by atoms with Gasteiger partial charge in [-0.25, -0.2) is 0 Å². The van der Waals surface area contributed by atoms with E-state index in [0.717, 1.165) is 19.8 Å². The van der Waals surface area contributed by atoms with Crippen molar-refractivity contribution in [1.82, 2.24) is 4.90 Å². The summed E-state index contributed by atoms with van der Waals surface area (Å²) >= 11 is 0. The van der Waals surface area contributed by atoms with Gasteiger partial charge in [0.05, 0.1) is 19.3 Å². The molecule has 1 heterocycles. The maximum atomic E-state index is 9.68. The zero-order valence-corrected chi connectivity index (χ0v) is 10.5. The largest absolute Gasteiger partial charge is 0.389 e. The van der Waals surface area contributed by atoms with Crippen LogP contribution in [0, 0.1) is 5.92 Å². The normalized spacial score (nSPS) is 23.6. The zero-order valence-electron chi connectivity index (χ0n) is 10.5. The van der Waals surface area contributed by atoms with Crippen molar-refractivity contribution in [2.75, 3.05) is 46.6 Å². The lowest BCUT2D eigenvalue weighted by atomic mass is 10.0. The Hall–Kier alpha value is -0.160. The van der Waals surface area contributed by atoms with Gasteiger partial charge in [-0.1, -0.05) is 0 Å². The van der Waals surface area contributed by atoms with Crippen LogP contribution in [0.15, 0.2) is 0 Å². The van der Waals surface area contributed by atoms with Crippen molar-refractivity contribution in [1.29, 1.82) is 0 Å². The van der Waals surface area contributed by atoms with Crippen LogP contribution in [-0.4, -0.2) is 62.7 Å². The number of likely N-dealkylation sites (N-methyl/N-ethyl adjacent to an activating group) is 1. The fourth-order valence-corrected chi connectivity index (χ4v) is 2.13. The summed E-state index contributed by atoms with van der Waals surface area (Å²) in [6.45, 7) is 6.49. The highest BCUT2D eigenvalue weighted by Gasteiger charge is 2.17. The Morgan fingerprint density at radius 2 is 2.38 bits per heavy atom. The molecule has 4 nitrogen and oxygen atoms in total. The van der Waals surface area contributed by atoms with Crippen LogP contribution >= 0.6 is 0 Å². The summed E-state index contributed by atoms with van der Waals surface area (Å²) in [5, 5.41) is 9.68. The summed E-state index contributed by atoms with van der Waals surface area (Å²) in [6.07, 6.45) is 2.03. The predicted octanol–water partition coefficient (Wildman–Crippen LogP) is 0.742. The Morgan fingerprint density at radius 3 is 3.00 bits per heavy atom. The summed E-state index contributed by atoms with van der Waals surface area (Å²) in [7, 11) is 2.05. The minimum absolute atomic E-state index is 0.380. The number of nitrogens with zero attached hydrogens (tertiary/aromatic N) is 1.